The third kappa shape index (κ3) is 2.77. The van der Waals surface area contributed by atoms with Crippen LogP contribution in [0.25, 0.3) is 5.57 Å². The molecule has 1 aromatic heterocycles. The highest BCUT2D eigenvalue weighted by Gasteiger charge is 2.43. The van der Waals surface area contributed by atoms with Gasteiger partial charge < -0.3 is 9.64 Å². The smallest absolute Gasteiger partial charge is 0.282 e. The summed E-state index contributed by atoms with van der Waals surface area (Å²) in [6.07, 6.45) is 0. The Labute approximate surface area is 150 Å². The largest absolute Gasteiger partial charge is 0.378 e. The zero-order chi connectivity index (χ0) is 17.4. The second-order valence-corrected chi connectivity index (χ2v) is 7.03. The summed E-state index contributed by atoms with van der Waals surface area (Å²) in [5.74, 6) is -0.500. The molecule has 0 unspecified atom stereocenters. The highest BCUT2D eigenvalue weighted by molar-refractivity contribution is 7.11. The van der Waals surface area contributed by atoms with Crippen LogP contribution in [0.2, 0.25) is 0 Å². The second-order valence-electron chi connectivity index (χ2n) is 6.09. The summed E-state index contributed by atoms with van der Waals surface area (Å²) in [4.78, 5) is 30.5. The number of carbonyl (C=O) groups is 2. The van der Waals surface area contributed by atoms with Crippen molar-refractivity contribution in [3.05, 3.63) is 57.9 Å². The average Bonchev–Trinajstić information content (AvgIpc) is 3.22. The number of carbonyl (C=O) groups excluding carboxylic acids is 2. The third-order valence-electron chi connectivity index (χ3n) is 4.41. The van der Waals surface area contributed by atoms with Crippen LogP contribution in [0.15, 0.2) is 47.5 Å². The summed E-state index contributed by atoms with van der Waals surface area (Å²) in [5.41, 5.74) is 2.63. The van der Waals surface area contributed by atoms with E-state index >= 15 is 0 Å². The van der Waals surface area contributed by atoms with E-state index in [0.29, 0.717) is 43.3 Å². The fourth-order valence-electron chi connectivity index (χ4n) is 3.24. The molecule has 25 heavy (non-hydrogen) atoms. The summed E-state index contributed by atoms with van der Waals surface area (Å²) < 4.78 is 5.40. The maximum atomic E-state index is 13.2. The predicted molar refractivity (Wildman–Crippen MR) is 97.3 cm³/mol. The van der Waals surface area contributed by atoms with Crippen LogP contribution in [-0.2, 0) is 14.3 Å². The van der Waals surface area contributed by atoms with Crippen molar-refractivity contribution >= 4 is 34.4 Å². The van der Waals surface area contributed by atoms with E-state index in [9.17, 15) is 9.59 Å². The Kier molecular flexibility index (Phi) is 4.15. The average molecular weight is 354 g/mol. The van der Waals surface area contributed by atoms with E-state index in [1.54, 1.807) is 6.07 Å². The number of imide groups is 1. The monoisotopic (exact) mass is 354 g/mol. The predicted octanol–water partition coefficient (Wildman–Crippen LogP) is 2.67. The molecule has 3 heterocycles. The topological polar surface area (TPSA) is 49.9 Å². The van der Waals surface area contributed by atoms with Crippen molar-refractivity contribution in [2.24, 2.45) is 0 Å². The number of rotatable bonds is 3. The van der Waals surface area contributed by atoms with Gasteiger partial charge in [-0.05, 0) is 36.1 Å². The van der Waals surface area contributed by atoms with E-state index in [1.165, 1.54) is 16.2 Å². The molecule has 0 saturated carbocycles. The first-order valence-electron chi connectivity index (χ1n) is 8.23. The SMILES string of the molecule is Cc1cccc(N2C(=O)C(c3cccs3)=C(N3CCOCC3)C2=O)c1. The molecule has 0 atom stereocenters. The van der Waals surface area contributed by atoms with Crippen molar-refractivity contribution < 1.29 is 14.3 Å². The van der Waals surface area contributed by atoms with Gasteiger partial charge in [0, 0.05) is 18.0 Å². The number of amides is 2. The molecule has 0 spiro atoms. The van der Waals surface area contributed by atoms with Crippen LogP contribution in [0, 0.1) is 6.92 Å². The van der Waals surface area contributed by atoms with Gasteiger partial charge in [0.05, 0.1) is 24.5 Å². The molecule has 128 valence electrons. The first kappa shape index (κ1) is 16.1. The Hall–Kier alpha value is -2.44. The summed E-state index contributed by atoms with van der Waals surface area (Å²) in [5, 5.41) is 1.92. The number of morpholine rings is 1. The molecule has 0 bridgehead atoms. The Morgan fingerprint density at radius 2 is 1.84 bits per heavy atom. The van der Waals surface area contributed by atoms with E-state index in [4.69, 9.17) is 4.74 Å². The number of hydrogen-bond donors (Lipinski definition) is 0. The van der Waals surface area contributed by atoms with Crippen molar-refractivity contribution in [2.45, 2.75) is 6.92 Å². The Balaban J connectivity index is 1.81. The molecule has 2 aliphatic heterocycles. The van der Waals surface area contributed by atoms with E-state index in [-0.39, 0.29) is 11.8 Å². The van der Waals surface area contributed by atoms with Crippen molar-refractivity contribution in [2.75, 3.05) is 31.2 Å². The molecule has 2 aromatic rings. The van der Waals surface area contributed by atoms with Crippen molar-refractivity contribution in [3.63, 3.8) is 0 Å². The van der Waals surface area contributed by atoms with E-state index < -0.39 is 0 Å². The second kappa shape index (κ2) is 6.46. The third-order valence-corrected chi connectivity index (χ3v) is 5.30. The minimum absolute atomic E-state index is 0.249. The first-order valence-corrected chi connectivity index (χ1v) is 9.11. The van der Waals surface area contributed by atoms with Gasteiger partial charge in [0.25, 0.3) is 11.8 Å². The van der Waals surface area contributed by atoms with Gasteiger partial charge in [-0.15, -0.1) is 11.3 Å². The van der Waals surface area contributed by atoms with Crippen LogP contribution >= 0.6 is 11.3 Å². The van der Waals surface area contributed by atoms with Gasteiger partial charge in [-0.2, -0.15) is 0 Å². The van der Waals surface area contributed by atoms with Gasteiger partial charge in [-0.25, -0.2) is 4.90 Å². The number of hydrogen-bond acceptors (Lipinski definition) is 5. The zero-order valence-corrected chi connectivity index (χ0v) is 14.7. The lowest BCUT2D eigenvalue weighted by molar-refractivity contribution is -0.121. The summed E-state index contributed by atoms with van der Waals surface area (Å²) >= 11 is 1.48. The Morgan fingerprint density at radius 1 is 1.04 bits per heavy atom. The van der Waals surface area contributed by atoms with E-state index in [2.05, 4.69) is 0 Å². The zero-order valence-electron chi connectivity index (χ0n) is 13.9. The molecular formula is C19H18N2O3S. The van der Waals surface area contributed by atoms with Crippen molar-refractivity contribution in [1.82, 2.24) is 4.90 Å². The Morgan fingerprint density at radius 3 is 2.52 bits per heavy atom. The molecule has 5 nitrogen and oxygen atoms in total. The van der Waals surface area contributed by atoms with Crippen LogP contribution < -0.4 is 4.90 Å². The molecule has 0 radical (unpaired) electrons. The maximum absolute atomic E-state index is 13.2. The number of anilines is 1. The van der Waals surface area contributed by atoms with Crippen LogP contribution in [0.4, 0.5) is 5.69 Å². The number of aryl methyl sites for hydroxylation is 1. The highest BCUT2D eigenvalue weighted by atomic mass is 32.1. The molecule has 0 N–H and O–H groups in total. The molecule has 1 aromatic carbocycles. The number of thiophene rings is 1. The normalized spacial score (nSPS) is 18.4. The van der Waals surface area contributed by atoms with E-state index in [0.717, 1.165) is 10.4 Å². The number of nitrogens with zero attached hydrogens (tertiary/aromatic N) is 2. The fraction of sp³-hybridized carbons (Fsp3) is 0.263. The molecule has 0 aliphatic carbocycles. The molecule has 2 amide bonds. The lowest BCUT2D eigenvalue weighted by atomic mass is 10.1. The van der Waals surface area contributed by atoms with Crippen LogP contribution in [0.5, 0.6) is 0 Å². The van der Waals surface area contributed by atoms with Gasteiger partial charge >= 0.3 is 0 Å². The molecular weight excluding hydrogens is 336 g/mol. The van der Waals surface area contributed by atoms with E-state index in [1.807, 2.05) is 47.5 Å². The fourth-order valence-corrected chi connectivity index (χ4v) is 4.01. The summed E-state index contributed by atoms with van der Waals surface area (Å²) in [6, 6.07) is 11.3. The number of benzene rings is 1. The van der Waals surface area contributed by atoms with Crippen LogP contribution in [0.3, 0.4) is 0 Å². The molecule has 2 aliphatic rings. The summed E-state index contributed by atoms with van der Waals surface area (Å²) in [7, 11) is 0. The molecule has 1 fully saturated rings. The lowest BCUT2D eigenvalue weighted by Crippen LogP contribution is -2.40. The standard InChI is InChI=1S/C19H18N2O3S/c1-13-4-2-5-14(12-13)21-18(22)16(15-6-3-11-25-15)17(19(21)23)20-7-9-24-10-8-20/h2-6,11-12H,7-10H2,1H3. The quantitative estimate of drug-likeness (QED) is 0.795. The van der Waals surface area contributed by atoms with Gasteiger partial charge in [0.15, 0.2) is 0 Å². The van der Waals surface area contributed by atoms with Crippen molar-refractivity contribution in [3.8, 4) is 0 Å². The summed E-state index contributed by atoms with van der Waals surface area (Å²) in [6.45, 7) is 4.31. The molecule has 6 heteroatoms. The van der Waals surface area contributed by atoms with Crippen LogP contribution in [0.1, 0.15) is 10.4 Å². The van der Waals surface area contributed by atoms with Gasteiger partial charge in [-0.3, -0.25) is 9.59 Å². The Bertz CT molecular complexity index is 851. The van der Waals surface area contributed by atoms with Gasteiger partial charge in [0.2, 0.25) is 0 Å². The lowest BCUT2D eigenvalue weighted by Gasteiger charge is -2.29. The van der Waals surface area contributed by atoms with Gasteiger partial charge in [-0.1, -0.05) is 18.2 Å². The van der Waals surface area contributed by atoms with Crippen LogP contribution in [-0.4, -0.2) is 43.0 Å². The van der Waals surface area contributed by atoms with Gasteiger partial charge in [0.1, 0.15) is 5.70 Å². The minimum atomic E-state index is -0.250. The number of ether oxygens (including phenoxy) is 1. The van der Waals surface area contributed by atoms with Crippen molar-refractivity contribution in [1.29, 1.82) is 0 Å². The minimum Gasteiger partial charge on any atom is -0.378 e. The molecule has 1 saturated heterocycles. The maximum Gasteiger partial charge on any atom is 0.282 e. The molecule has 4 rings (SSSR count). The first-order chi connectivity index (χ1) is 12.2. The highest BCUT2D eigenvalue weighted by Crippen LogP contribution is 2.36.